The third-order valence-electron chi connectivity index (χ3n) is 12.0. The molecule has 0 spiro atoms. The second-order valence-electron chi connectivity index (χ2n) is 16.6. The summed E-state index contributed by atoms with van der Waals surface area (Å²) in [6.45, 7) is 3.49. The average Bonchev–Trinajstić information content (AvgIpc) is 3.78. The lowest BCUT2D eigenvalue weighted by Gasteiger charge is -2.32. The molecular weight excluding hydrogens is 854 g/mol. The molecule has 4 bridgehead atoms. The van der Waals surface area contributed by atoms with Crippen molar-refractivity contribution in [2.24, 2.45) is 5.73 Å². The van der Waals surface area contributed by atoms with E-state index >= 15 is 0 Å². The molecule has 4 aromatic carbocycles. The number of halogens is 1. The van der Waals surface area contributed by atoms with Gasteiger partial charge in [0.05, 0.1) is 12.6 Å². The molecule has 1 fully saturated rings. The van der Waals surface area contributed by atoms with E-state index in [0.29, 0.717) is 49.4 Å². The van der Waals surface area contributed by atoms with Crippen molar-refractivity contribution < 1.29 is 44.1 Å². The maximum absolute atomic E-state index is 14.6. The second kappa shape index (κ2) is 21.5. The zero-order chi connectivity index (χ0) is 46.9. The van der Waals surface area contributed by atoms with Crippen LogP contribution in [0.15, 0.2) is 84.9 Å². The van der Waals surface area contributed by atoms with Crippen molar-refractivity contribution in [2.45, 2.75) is 88.6 Å². The highest BCUT2D eigenvalue weighted by molar-refractivity contribution is 6.30. The molecule has 6 unspecified atom stereocenters. The van der Waals surface area contributed by atoms with E-state index in [1.165, 1.54) is 56.1 Å². The first-order valence-corrected chi connectivity index (χ1v) is 22.1. The van der Waals surface area contributed by atoms with Gasteiger partial charge in [-0.2, -0.15) is 0 Å². The van der Waals surface area contributed by atoms with Crippen LogP contribution in [0.2, 0.25) is 5.02 Å². The van der Waals surface area contributed by atoms with E-state index < -0.39 is 59.7 Å². The fraction of sp³-hybridized carbons (Fsp3) is 0.375. The SMILES string of the molecule is CC1NC(=O)C(N(C)C(=O)C(CCCCN)NC(=O)c2ccc(-c3ccc(Cl)cc3)cc2)c2ccc(O)c(c2)-c2cc(ccc2O)CC(C(=O)NC(C)C(=O)N2CCCC2CO)NC1=O. The van der Waals surface area contributed by atoms with E-state index in [0.717, 1.165) is 16.0 Å². The van der Waals surface area contributed by atoms with Crippen LogP contribution in [0.4, 0.5) is 0 Å². The number of amides is 6. The topological polar surface area (TPSA) is 244 Å². The Morgan fingerprint density at radius 1 is 0.877 bits per heavy atom. The first-order valence-electron chi connectivity index (χ1n) is 21.7. The highest BCUT2D eigenvalue weighted by atomic mass is 35.5. The zero-order valence-electron chi connectivity index (χ0n) is 36.6. The minimum absolute atomic E-state index is 0.105. The highest BCUT2D eigenvalue weighted by Gasteiger charge is 2.37. The Labute approximate surface area is 382 Å². The molecule has 4 aromatic rings. The summed E-state index contributed by atoms with van der Waals surface area (Å²) >= 11 is 6.05. The smallest absolute Gasteiger partial charge is 0.251 e. The minimum Gasteiger partial charge on any atom is -0.507 e. The largest absolute Gasteiger partial charge is 0.507 e. The molecule has 9 N–H and O–H groups in total. The molecule has 2 aliphatic rings. The normalized spacial score (nSPS) is 19.5. The maximum Gasteiger partial charge on any atom is 0.251 e. The summed E-state index contributed by atoms with van der Waals surface area (Å²) in [4.78, 5) is 86.6. The van der Waals surface area contributed by atoms with Crippen molar-refractivity contribution in [3.05, 3.63) is 107 Å². The molecule has 17 heteroatoms. The van der Waals surface area contributed by atoms with Gasteiger partial charge in [-0.1, -0.05) is 48.0 Å². The molecule has 344 valence electrons. The molecule has 1 saturated heterocycles. The quantitative estimate of drug-likeness (QED) is 0.0908. The number of phenolic OH excluding ortho intramolecular Hbond substituents is 2. The summed E-state index contributed by atoms with van der Waals surface area (Å²) < 4.78 is 0. The molecule has 6 rings (SSSR count). The molecule has 6 amide bonds. The minimum atomic E-state index is -1.45. The molecule has 0 radical (unpaired) electrons. The van der Waals surface area contributed by atoms with Crippen LogP contribution in [0.5, 0.6) is 11.5 Å². The van der Waals surface area contributed by atoms with Crippen LogP contribution in [0.25, 0.3) is 22.3 Å². The fourth-order valence-electron chi connectivity index (χ4n) is 8.28. The third-order valence-corrected chi connectivity index (χ3v) is 12.2. The summed E-state index contributed by atoms with van der Waals surface area (Å²) in [6.07, 6.45) is 2.42. The van der Waals surface area contributed by atoms with Gasteiger partial charge in [0.2, 0.25) is 29.5 Å². The van der Waals surface area contributed by atoms with Crippen LogP contribution < -0.4 is 27.0 Å². The van der Waals surface area contributed by atoms with Gasteiger partial charge < -0.3 is 52.1 Å². The number of benzene rings is 4. The number of rotatable bonds is 13. The highest BCUT2D eigenvalue weighted by Crippen LogP contribution is 2.39. The number of aliphatic hydroxyl groups excluding tert-OH is 1. The standard InChI is InChI=1S/C48H56ClN7O9/c1-27-43(60)54-39(45(62)52-28(2)47(64)56-22-6-7-35(56)26-57)24-29-9-19-40(58)36(23-29)37-25-33(16-20-41(37)59)42(46(63)51-27)55(3)48(65)38(8-4-5-21-50)53-44(61)32-12-10-30(11-13-32)31-14-17-34(49)18-15-31/h9-20,23,25,27-28,35,38-39,42,57-59H,4-8,21-22,24,26,50H2,1-3H3,(H,51,63)(H,52,62)(H,53,61)(H,54,60). The molecular formula is C48H56ClN7O9. The maximum atomic E-state index is 14.6. The Morgan fingerprint density at radius 2 is 1.52 bits per heavy atom. The van der Waals surface area contributed by atoms with Gasteiger partial charge in [0.15, 0.2) is 0 Å². The van der Waals surface area contributed by atoms with E-state index in [-0.39, 0.29) is 65.2 Å². The van der Waals surface area contributed by atoms with Gasteiger partial charge in [0.25, 0.3) is 5.91 Å². The van der Waals surface area contributed by atoms with E-state index in [4.69, 9.17) is 17.3 Å². The molecule has 6 atom stereocenters. The van der Waals surface area contributed by atoms with Gasteiger partial charge in [-0.25, -0.2) is 0 Å². The number of nitrogens with one attached hydrogen (secondary N) is 4. The van der Waals surface area contributed by atoms with Crippen molar-refractivity contribution in [1.29, 1.82) is 0 Å². The first kappa shape index (κ1) is 48.0. The number of carbonyl (C=O) groups is 6. The molecule has 0 aliphatic carbocycles. The predicted octanol–water partition coefficient (Wildman–Crippen LogP) is 3.55. The van der Waals surface area contributed by atoms with Crippen molar-refractivity contribution >= 4 is 47.0 Å². The molecule has 2 heterocycles. The summed E-state index contributed by atoms with van der Waals surface area (Å²) in [5, 5.41) is 43.6. The van der Waals surface area contributed by atoms with Gasteiger partial charge >= 0.3 is 0 Å². The average molecular weight is 910 g/mol. The van der Waals surface area contributed by atoms with Crippen molar-refractivity contribution in [3.8, 4) is 33.8 Å². The number of nitrogens with two attached hydrogens (primary N) is 1. The number of fused-ring (bicyclic) bond motifs is 5. The van der Waals surface area contributed by atoms with E-state index in [2.05, 4.69) is 21.3 Å². The second-order valence-corrected chi connectivity index (χ2v) is 17.0. The number of carbonyl (C=O) groups excluding carboxylic acids is 6. The number of hydrogen-bond acceptors (Lipinski definition) is 10. The summed E-state index contributed by atoms with van der Waals surface area (Å²) in [5.74, 6) is -4.31. The Hall–Kier alpha value is -6.49. The first-order chi connectivity index (χ1) is 31.1. The zero-order valence-corrected chi connectivity index (χ0v) is 37.3. The molecule has 0 aromatic heterocycles. The van der Waals surface area contributed by atoms with Gasteiger partial charge in [-0.3, -0.25) is 28.8 Å². The van der Waals surface area contributed by atoms with Crippen LogP contribution in [0.3, 0.4) is 0 Å². The lowest BCUT2D eigenvalue weighted by atomic mass is 9.93. The van der Waals surface area contributed by atoms with Crippen molar-refractivity contribution in [1.82, 2.24) is 31.1 Å². The number of likely N-dealkylation sites (N-methyl/N-ethyl adjacent to an activating group) is 1. The van der Waals surface area contributed by atoms with Crippen LogP contribution in [0.1, 0.15) is 73.5 Å². The Kier molecular flexibility index (Phi) is 15.8. The van der Waals surface area contributed by atoms with Gasteiger partial charge in [0.1, 0.15) is 41.7 Å². The van der Waals surface area contributed by atoms with Gasteiger partial charge in [-0.15, -0.1) is 0 Å². The number of unbranched alkanes of at least 4 members (excludes halogenated alkanes) is 1. The number of hydrogen-bond donors (Lipinski definition) is 8. The van der Waals surface area contributed by atoms with Crippen LogP contribution in [-0.4, -0.2) is 118 Å². The van der Waals surface area contributed by atoms with Crippen molar-refractivity contribution in [3.63, 3.8) is 0 Å². The molecule has 16 nitrogen and oxygen atoms in total. The molecule has 65 heavy (non-hydrogen) atoms. The van der Waals surface area contributed by atoms with Crippen LogP contribution in [-0.2, 0) is 30.4 Å². The number of aliphatic hydroxyl groups is 1. The monoisotopic (exact) mass is 909 g/mol. The van der Waals surface area contributed by atoms with E-state index in [1.807, 2.05) is 12.1 Å². The van der Waals surface area contributed by atoms with Crippen LogP contribution >= 0.6 is 11.6 Å². The Morgan fingerprint density at radius 3 is 2.18 bits per heavy atom. The molecule has 2 aliphatic heterocycles. The number of likely N-dealkylation sites (tertiary alicyclic amines) is 1. The number of aromatic hydroxyl groups is 2. The summed E-state index contributed by atoms with van der Waals surface area (Å²) in [6, 6.07) is 16.3. The Bertz CT molecular complexity index is 2400. The lowest BCUT2D eigenvalue weighted by molar-refractivity contribution is -0.141. The predicted molar refractivity (Wildman–Crippen MR) is 244 cm³/mol. The number of nitrogens with zero attached hydrogens (tertiary/aromatic N) is 2. The van der Waals surface area contributed by atoms with E-state index in [9.17, 15) is 44.1 Å². The van der Waals surface area contributed by atoms with Gasteiger partial charge in [-0.05, 0) is 123 Å². The summed E-state index contributed by atoms with van der Waals surface area (Å²) in [5.41, 5.74) is 8.74. The fourth-order valence-corrected chi connectivity index (χ4v) is 8.40. The molecule has 0 saturated carbocycles. The number of phenols is 2. The summed E-state index contributed by atoms with van der Waals surface area (Å²) in [7, 11) is 1.39. The van der Waals surface area contributed by atoms with E-state index in [1.54, 1.807) is 42.5 Å². The van der Waals surface area contributed by atoms with Gasteiger partial charge in [0, 0.05) is 41.7 Å². The Balaban J connectivity index is 1.30. The lowest BCUT2D eigenvalue weighted by Crippen LogP contribution is -2.58. The van der Waals surface area contributed by atoms with Crippen LogP contribution in [0, 0.1) is 0 Å². The third kappa shape index (κ3) is 11.4. The van der Waals surface area contributed by atoms with Crippen molar-refractivity contribution in [2.75, 3.05) is 26.7 Å².